The molecule has 1 aromatic carbocycles. The van der Waals surface area contributed by atoms with Crippen LogP contribution in [0.5, 0.6) is 0 Å². The van der Waals surface area contributed by atoms with Crippen LogP contribution in [0.1, 0.15) is 24.0 Å². The number of rotatable bonds is 3. The Morgan fingerprint density at radius 1 is 1.32 bits per heavy atom. The number of guanidine groups is 1. The molecule has 0 unspecified atom stereocenters. The van der Waals surface area contributed by atoms with E-state index in [1.54, 1.807) is 0 Å². The lowest BCUT2D eigenvalue weighted by molar-refractivity contribution is 0.121. The Kier molecular flexibility index (Phi) is 3.12. The molecule has 2 aliphatic rings. The van der Waals surface area contributed by atoms with Crippen LogP contribution in [-0.2, 0) is 12.8 Å². The molecule has 5 heteroatoms. The number of benzene rings is 1. The molecule has 1 saturated carbocycles. The van der Waals surface area contributed by atoms with Crippen molar-refractivity contribution in [3.63, 3.8) is 0 Å². The molecule has 3 N–H and O–H groups in total. The van der Waals surface area contributed by atoms with Crippen molar-refractivity contribution in [2.75, 3.05) is 5.32 Å². The molecule has 2 aliphatic carbocycles. The van der Waals surface area contributed by atoms with Gasteiger partial charge in [0.05, 0.1) is 6.04 Å². The minimum absolute atomic E-state index is 0.228. The van der Waals surface area contributed by atoms with Crippen LogP contribution in [0.15, 0.2) is 23.2 Å². The molecule has 19 heavy (non-hydrogen) atoms. The molecule has 0 saturated heterocycles. The van der Waals surface area contributed by atoms with Crippen molar-refractivity contribution in [1.29, 1.82) is 0 Å². The standard InChI is InChI=1S/C14H17F2N3/c15-13(16)11-7-12(11)19-14(17)18-10-5-4-8-2-1-3-9(8)6-10/h4-6,11-13H,1-3,7H2,(H3,17,18,19)/t11-,12-/m0/s1. The van der Waals surface area contributed by atoms with E-state index in [1.165, 1.54) is 17.5 Å². The van der Waals surface area contributed by atoms with Gasteiger partial charge >= 0.3 is 0 Å². The SMILES string of the molecule is NC(=N[C@H]1C[C@@H]1C(F)F)Nc1ccc2c(c1)CCC2. The first-order valence-electron chi connectivity index (χ1n) is 6.64. The van der Waals surface area contributed by atoms with Gasteiger partial charge in [-0.3, -0.25) is 0 Å². The topological polar surface area (TPSA) is 50.4 Å². The number of anilines is 1. The van der Waals surface area contributed by atoms with Gasteiger partial charge in [0, 0.05) is 11.6 Å². The molecular formula is C14H17F2N3. The van der Waals surface area contributed by atoms with E-state index >= 15 is 0 Å². The van der Waals surface area contributed by atoms with Gasteiger partial charge in [-0.1, -0.05) is 6.07 Å². The molecule has 3 nitrogen and oxygen atoms in total. The second-order valence-electron chi connectivity index (χ2n) is 5.28. The molecular weight excluding hydrogens is 248 g/mol. The number of halogens is 2. The van der Waals surface area contributed by atoms with Gasteiger partial charge in [0.1, 0.15) is 0 Å². The summed E-state index contributed by atoms with van der Waals surface area (Å²) in [5.74, 6) is -0.383. The smallest absolute Gasteiger partial charge is 0.243 e. The molecule has 0 radical (unpaired) electrons. The van der Waals surface area contributed by atoms with Crippen LogP contribution < -0.4 is 11.1 Å². The second-order valence-corrected chi connectivity index (χ2v) is 5.28. The third-order valence-electron chi connectivity index (χ3n) is 3.80. The zero-order valence-corrected chi connectivity index (χ0v) is 10.6. The quantitative estimate of drug-likeness (QED) is 0.652. The summed E-state index contributed by atoms with van der Waals surface area (Å²) in [6.07, 6.45) is 1.57. The Bertz CT molecular complexity index is 513. The van der Waals surface area contributed by atoms with Crippen molar-refractivity contribution in [3.8, 4) is 0 Å². The number of nitrogens with two attached hydrogens (primary N) is 1. The fraction of sp³-hybridized carbons (Fsp3) is 0.500. The number of nitrogens with one attached hydrogen (secondary N) is 1. The molecule has 3 rings (SSSR count). The Hall–Kier alpha value is -1.65. The van der Waals surface area contributed by atoms with Gasteiger partial charge in [-0.25, -0.2) is 13.8 Å². The molecule has 0 spiro atoms. The first kappa shape index (κ1) is 12.4. The van der Waals surface area contributed by atoms with E-state index in [0.29, 0.717) is 6.42 Å². The lowest BCUT2D eigenvalue weighted by atomic mass is 10.1. The summed E-state index contributed by atoms with van der Waals surface area (Å²) in [4.78, 5) is 4.08. The predicted octanol–water partition coefficient (Wildman–Crippen LogP) is 2.56. The van der Waals surface area contributed by atoms with Crippen molar-refractivity contribution < 1.29 is 8.78 Å². The number of hydrogen-bond donors (Lipinski definition) is 2. The van der Waals surface area contributed by atoms with E-state index in [9.17, 15) is 8.78 Å². The first-order chi connectivity index (χ1) is 9.13. The monoisotopic (exact) mass is 265 g/mol. The van der Waals surface area contributed by atoms with Gasteiger partial charge in [-0.15, -0.1) is 0 Å². The van der Waals surface area contributed by atoms with Crippen LogP contribution >= 0.6 is 0 Å². The molecule has 102 valence electrons. The summed E-state index contributed by atoms with van der Waals surface area (Å²) in [5, 5.41) is 2.99. The summed E-state index contributed by atoms with van der Waals surface area (Å²) in [5.41, 5.74) is 9.37. The van der Waals surface area contributed by atoms with Crippen LogP contribution in [-0.4, -0.2) is 18.4 Å². The number of aliphatic imine (C=N–C) groups is 1. The minimum Gasteiger partial charge on any atom is -0.370 e. The van der Waals surface area contributed by atoms with Gasteiger partial charge in [0.15, 0.2) is 5.96 Å². The fourth-order valence-electron chi connectivity index (χ4n) is 2.63. The zero-order valence-electron chi connectivity index (χ0n) is 10.6. The van der Waals surface area contributed by atoms with Gasteiger partial charge in [0.2, 0.25) is 6.43 Å². The van der Waals surface area contributed by atoms with Crippen LogP contribution in [0, 0.1) is 5.92 Å². The number of alkyl halides is 2. The van der Waals surface area contributed by atoms with Gasteiger partial charge in [0.25, 0.3) is 0 Å². The Morgan fingerprint density at radius 3 is 2.84 bits per heavy atom. The molecule has 2 atom stereocenters. The van der Waals surface area contributed by atoms with Crippen LogP contribution in [0.4, 0.5) is 14.5 Å². The molecule has 0 heterocycles. The van der Waals surface area contributed by atoms with E-state index in [1.807, 2.05) is 6.07 Å². The van der Waals surface area contributed by atoms with E-state index in [2.05, 4.69) is 22.4 Å². The van der Waals surface area contributed by atoms with E-state index in [4.69, 9.17) is 5.73 Å². The average molecular weight is 265 g/mol. The van der Waals surface area contributed by atoms with Crippen molar-refractivity contribution in [3.05, 3.63) is 29.3 Å². The average Bonchev–Trinajstić information content (AvgIpc) is 2.97. The van der Waals surface area contributed by atoms with E-state index in [-0.39, 0.29) is 12.0 Å². The lowest BCUT2D eigenvalue weighted by Gasteiger charge is -2.07. The van der Waals surface area contributed by atoms with Crippen molar-refractivity contribution in [2.45, 2.75) is 38.2 Å². The maximum atomic E-state index is 12.4. The molecule has 0 bridgehead atoms. The Balaban J connectivity index is 1.64. The fourth-order valence-corrected chi connectivity index (χ4v) is 2.63. The van der Waals surface area contributed by atoms with E-state index < -0.39 is 12.3 Å². The highest BCUT2D eigenvalue weighted by Gasteiger charge is 2.44. The molecule has 0 aromatic heterocycles. The Labute approximate surface area is 110 Å². The highest BCUT2D eigenvalue weighted by molar-refractivity contribution is 5.92. The summed E-state index contributed by atoms with van der Waals surface area (Å²) >= 11 is 0. The number of aryl methyl sites for hydroxylation is 2. The van der Waals surface area contributed by atoms with Crippen LogP contribution in [0.2, 0.25) is 0 Å². The second kappa shape index (κ2) is 4.79. The highest BCUT2D eigenvalue weighted by atomic mass is 19.3. The minimum atomic E-state index is -2.29. The van der Waals surface area contributed by atoms with Crippen molar-refractivity contribution in [1.82, 2.24) is 0 Å². The Morgan fingerprint density at radius 2 is 2.11 bits per heavy atom. The number of fused-ring (bicyclic) bond motifs is 1. The van der Waals surface area contributed by atoms with Gasteiger partial charge < -0.3 is 11.1 Å². The van der Waals surface area contributed by atoms with Gasteiger partial charge in [-0.05, 0) is 48.9 Å². The number of nitrogens with zero attached hydrogens (tertiary/aromatic N) is 1. The largest absolute Gasteiger partial charge is 0.370 e. The van der Waals surface area contributed by atoms with E-state index in [0.717, 1.165) is 18.5 Å². The van der Waals surface area contributed by atoms with Crippen molar-refractivity contribution in [2.24, 2.45) is 16.6 Å². The van der Waals surface area contributed by atoms with Gasteiger partial charge in [-0.2, -0.15) is 0 Å². The predicted molar refractivity (Wildman–Crippen MR) is 71.6 cm³/mol. The molecule has 1 fully saturated rings. The molecule has 0 amide bonds. The van der Waals surface area contributed by atoms with Crippen molar-refractivity contribution >= 4 is 11.6 Å². The van der Waals surface area contributed by atoms with Crippen LogP contribution in [0.3, 0.4) is 0 Å². The first-order valence-corrected chi connectivity index (χ1v) is 6.64. The molecule has 0 aliphatic heterocycles. The summed E-state index contributed by atoms with van der Waals surface area (Å²) < 4.78 is 24.7. The van der Waals surface area contributed by atoms with Crippen LogP contribution in [0.25, 0.3) is 0 Å². The third-order valence-corrected chi connectivity index (χ3v) is 3.80. The maximum Gasteiger partial charge on any atom is 0.243 e. The summed E-state index contributed by atoms with van der Waals surface area (Å²) in [6.45, 7) is 0. The summed E-state index contributed by atoms with van der Waals surface area (Å²) in [7, 11) is 0. The summed E-state index contributed by atoms with van der Waals surface area (Å²) in [6, 6.07) is 5.81. The molecule has 1 aromatic rings. The normalized spacial score (nSPS) is 25.5. The third kappa shape index (κ3) is 2.69. The maximum absolute atomic E-state index is 12.4. The highest BCUT2D eigenvalue weighted by Crippen LogP contribution is 2.38. The lowest BCUT2D eigenvalue weighted by Crippen LogP contribution is -2.23. The zero-order chi connectivity index (χ0) is 13.4. The number of hydrogen-bond acceptors (Lipinski definition) is 1.